The van der Waals surface area contributed by atoms with E-state index in [0.29, 0.717) is 0 Å². The van der Waals surface area contributed by atoms with E-state index in [1.54, 1.807) is 0 Å². The third-order valence-corrected chi connectivity index (χ3v) is 2.10. The van der Waals surface area contributed by atoms with Crippen LogP contribution in [0.4, 0.5) is 0 Å². The lowest BCUT2D eigenvalue weighted by Gasteiger charge is -2.19. The lowest BCUT2D eigenvalue weighted by Crippen LogP contribution is -2.25. The van der Waals surface area contributed by atoms with Gasteiger partial charge in [0.25, 0.3) is 0 Å². The molecule has 0 N–H and O–H groups in total. The molecule has 0 saturated heterocycles. The summed E-state index contributed by atoms with van der Waals surface area (Å²) in [5, 5.41) is 0. The zero-order valence-corrected chi connectivity index (χ0v) is 11.1. The molecule has 0 aliphatic carbocycles. The number of unbranched alkanes of at least 4 members (excludes halogenated alkanes) is 2. The van der Waals surface area contributed by atoms with Crippen molar-refractivity contribution in [1.82, 2.24) is 4.90 Å². The molecule has 0 saturated carbocycles. The average Bonchev–Trinajstić information content (AvgIpc) is 2.20. The van der Waals surface area contributed by atoms with Crippen molar-refractivity contribution in [3.05, 3.63) is 0 Å². The maximum absolute atomic E-state index is 2.55. The normalized spacial score (nSPS) is 9.86. The van der Waals surface area contributed by atoms with E-state index in [1.165, 1.54) is 51.7 Å². The Morgan fingerprint density at radius 2 is 1.07 bits per heavy atom. The van der Waals surface area contributed by atoms with Gasteiger partial charge in [0.2, 0.25) is 0 Å². The van der Waals surface area contributed by atoms with Crippen molar-refractivity contribution in [3.63, 3.8) is 0 Å². The molecule has 1 heteroatoms. The molecule has 1 nitrogen and oxygen atoms in total. The van der Waals surface area contributed by atoms with Crippen LogP contribution in [0, 0.1) is 0 Å². The van der Waals surface area contributed by atoms with E-state index >= 15 is 0 Å². The van der Waals surface area contributed by atoms with Crippen LogP contribution in [0.15, 0.2) is 0 Å². The molecule has 0 atom stereocenters. The molecule has 14 heavy (non-hydrogen) atoms. The fourth-order valence-electron chi connectivity index (χ4n) is 1.19. The highest BCUT2D eigenvalue weighted by Crippen LogP contribution is 1.97. The van der Waals surface area contributed by atoms with Crippen LogP contribution in [0.25, 0.3) is 0 Å². The fraction of sp³-hybridized carbons (Fsp3) is 1.00. The van der Waals surface area contributed by atoms with E-state index in [2.05, 4.69) is 39.5 Å². The van der Waals surface area contributed by atoms with Crippen LogP contribution in [0.5, 0.6) is 0 Å². The Labute approximate surface area is 91.9 Å². The summed E-state index contributed by atoms with van der Waals surface area (Å²) >= 11 is 0. The van der Waals surface area contributed by atoms with Crippen LogP contribution < -0.4 is 0 Å². The van der Waals surface area contributed by atoms with Crippen molar-refractivity contribution in [1.29, 1.82) is 0 Å². The SMILES string of the molecule is CCC.CCCCN(CC)CCCC. The van der Waals surface area contributed by atoms with Crippen molar-refractivity contribution in [2.45, 2.75) is 66.7 Å². The molecule has 0 rings (SSSR count). The molecule has 0 aromatic carbocycles. The fourth-order valence-corrected chi connectivity index (χ4v) is 1.19. The zero-order chi connectivity index (χ0) is 11.2. The number of rotatable bonds is 7. The van der Waals surface area contributed by atoms with Crippen LogP contribution in [0.1, 0.15) is 66.7 Å². The van der Waals surface area contributed by atoms with Gasteiger partial charge < -0.3 is 4.90 Å². The molecule has 0 spiro atoms. The van der Waals surface area contributed by atoms with Gasteiger partial charge in [-0.2, -0.15) is 0 Å². The van der Waals surface area contributed by atoms with E-state index in [4.69, 9.17) is 0 Å². The first-order valence-corrected chi connectivity index (χ1v) is 6.48. The van der Waals surface area contributed by atoms with Gasteiger partial charge >= 0.3 is 0 Å². The Morgan fingerprint density at radius 1 is 0.714 bits per heavy atom. The van der Waals surface area contributed by atoms with E-state index < -0.39 is 0 Å². The van der Waals surface area contributed by atoms with Crippen LogP contribution in [0.3, 0.4) is 0 Å². The largest absolute Gasteiger partial charge is 0.304 e. The summed E-state index contributed by atoms with van der Waals surface area (Å²) in [4.78, 5) is 2.55. The Balaban J connectivity index is 0. The Bertz CT molecular complexity index is 73.3. The zero-order valence-electron chi connectivity index (χ0n) is 11.1. The average molecular weight is 201 g/mol. The molecule has 0 amide bonds. The highest BCUT2D eigenvalue weighted by Gasteiger charge is 1.98. The highest BCUT2D eigenvalue weighted by molar-refractivity contribution is 4.53. The number of hydrogen-bond donors (Lipinski definition) is 0. The second-order valence-corrected chi connectivity index (χ2v) is 3.85. The Morgan fingerprint density at radius 3 is 1.29 bits per heavy atom. The molecule has 0 heterocycles. The summed E-state index contributed by atoms with van der Waals surface area (Å²) in [7, 11) is 0. The van der Waals surface area contributed by atoms with Crippen molar-refractivity contribution >= 4 is 0 Å². The van der Waals surface area contributed by atoms with Gasteiger partial charge in [0.05, 0.1) is 0 Å². The minimum Gasteiger partial charge on any atom is -0.304 e. The maximum Gasteiger partial charge on any atom is -0.00190 e. The molecule has 0 fully saturated rings. The van der Waals surface area contributed by atoms with E-state index in [-0.39, 0.29) is 0 Å². The smallest absolute Gasteiger partial charge is 0.00190 e. The molecule has 0 bridgehead atoms. The molecular formula is C13H31N. The van der Waals surface area contributed by atoms with Crippen molar-refractivity contribution in [3.8, 4) is 0 Å². The third-order valence-electron chi connectivity index (χ3n) is 2.10. The summed E-state index contributed by atoms with van der Waals surface area (Å²) < 4.78 is 0. The minimum absolute atomic E-state index is 1.22. The topological polar surface area (TPSA) is 3.24 Å². The van der Waals surface area contributed by atoms with E-state index in [9.17, 15) is 0 Å². The van der Waals surface area contributed by atoms with Gasteiger partial charge in [0.15, 0.2) is 0 Å². The van der Waals surface area contributed by atoms with Crippen LogP contribution in [-0.4, -0.2) is 24.5 Å². The van der Waals surface area contributed by atoms with E-state index in [0.717, 1.165) is 0 Å². The van der Waals surface area contributed by atoms with Gasteiger partial charge in [0.1, 0.15) is 0 Å². The first-order chi connectivity index (χ1) is 6.76. The quantitative estimate of drug-likeness (QED) is 0.593. The summed E-state index contributed by atoms with van der Waals surface area (Å²) in [6.07, 6.45) is 6.61. The molecule has 0 aliphatic heterocycles. The van der Waals surface area contributed by atoms with Crippen LogP contribution in [-0.2, 0) is 0 Å². The van der Waals surface area contributed by atoms with Gasteiger partial charge in [0, 0.05) is 0 Å². The second-order valence-electron chi connectivity index (χ2n) is 3.85. The molecule has 0 aliphatic rings. The highest BCUT2D eigenvalue weighted by atomic mass is 15.1. The third kappa shape index (κ3) is 14.5. The Hall–Kier alpha value is -0.0400. The van der Waals surface area contributed by atoms with Crippen LogP contribution >= 0.6 is 0 Å². The summed E-state index contributed by atoms with van der Waals surface area (Å²) in [5.74, 6) is 0. The monoisotopic (exact) mass is 201 g/mol. The second kappa shape index (κ2) is 15.4. The first-order valence-electron chi connectivity index (χ1n) is 6.48. The number of hydrogen-bond acceptors (Lipinski definition) is 1. The molecule has 0 radical (unpaired) electrons. The molecular weight excluding hydrogens is 170 g/mol. The number of nitrogens with zero attached hydrogens (tertiary/aromatic N) is 1. The molecule has 0 aromatic heterocycles. The first kappa shape index (κ1) is 16.4. The van der Waals surface area contributed by atoms with Crippen molar-refractivity contribution < 1.29 is 0 Å². The summed E-state index contributed by atoms with van der Waals surface area (Å²) in [6, 6.07) is 0. The van der Waals surface area contributed by atoms with Gasteiger partial charge in [-0.05, 0) is 32.5 Å². The maximum atomic E-state index is 2.55. The van der Waals surface area contributed by atoms with Gasteiger partial charge in [-0.25, -0.2) is 0 Å². The predicted octanol–water partition coefficient (Wildman–Crippen LogP) is 4.32. The van der Waals surface area contributed by atoms with Gasteiger partial charge in [-0.3, -0.25) is 0 Å². The van der Waals surface area contributed by atoms with Gasteiger partial charge in [-0.1, -0.05) is 53.9 Å². The van der Waals surface area contributed by atoms with E-state index in [1.807, 2.05) is 0 Å². The van der Waals surface area contributed by atoms with Crippen molar-refractivity contribution in [2.75, 3.05) is 19.6 Å². The lowest BCUT2D eigenvalue weighted by atomic mass is 10.2. The predicted molar refractivity (Wildman–Crippen MR) is 67.9 cm³/mol. The van der Waals surface area contributed by atoms with Crippen LogP contribution in [0.2, 0.25) is 0 Å². The molecule has 0 aromatic rings. The molecule has 88 valence electrons. The minimum atomic E-state index is 1.22. The molecule has 0 unspecified atom stereocenters. The van der Waals surface area contributed by atoms with Gasteiger partial charge in [-0.15, -0.1) is 0 Å². The summed E-state index contributed by atoms with van der Waals surface area (Å²) in [5.41, 5.74) is 0. The summed E-state index contributed by atoms with van der Waals surface area (Å²) in [6.45, 7) is 14.8. The lowest BCUT2D eigenvalue weighted by molar-refractivity contribution is 0.279. The standard InChI is InChI=1S/C10H23N.C3H8/c1-4-7-9-11(6-3)10-8-5-2;1-3-2/h4-10H2,1-3H3;3H2,1-2H3. The Kier molecular flexibility index (Phi) is 18.1. The van der Waals surface area contributed by atoms with Crippen molar-refractivity contribution in [2.24, 2.45) is 0 Å².